The Morgan fingerprint density at radius 3 is 2.36 bits per heavy atom. The fourth-order valence-corrected chi connectivity index (χ4v) is 2.99. The van der Waals surface area contributed by atoms with E-state index < -0.39 is 12.1 Å². The number of Topliss-reactive ketones (excluding diaryl/α,β-unsaturated/α-hetero) is 2. The van der Waals surface area contributed by atoms with E-state index >= 15 is 0 Å². The van der Waals surface area contributed by atoms with Gasteiger partial charge in [0.05, 0.1) is 17.9 Å². The number of hydrogen-bond donors (Lipinski definition) is 1. The summed E-state index contributed by atoms with van der Waals surface area (Å²) in [5, 5.41) is 0. The molecule has 6 nitrogen and oxygen atoms in total. The molecule has 1 atom stereocenters. The minimum atomic E-state index is -0.996. The molecule has 0 fully saturated rings. The van der Waals surface area contributed by atoms with Crippen LogP contribution >= 0.6 is 0 Å². The summed E-state index contributed by atoms with van der Waals surface area (Å²) in [6.07, 6.45) is -0.996. The lowest BCUT2D eigenvalue weighted by Gasteiger charge is -2.13. The summed E-state index contributed by atoms with van der Waals surface area (Å²) in [6, 6.07) is 6.68. The molecule has 0 bridgehead atoms. The van der Waals surface area contributed by atoms with Crippen LogP contribution in [0.15, 0.2) is 24.3 Å². The summed E-state index contributed by atoms with van der Waals surface area (Å²) in [4.78, 5) is 39.9. The molecule has 2 aromatic rings. The Hall–Kier alpha value is -2.89. The number of H-pyrrole nitrogens is 1. The van der Waals surface area contributed by atoms with Gasteiger partial charge in [-0.3, -0.25) is 9.59 Å². The van der Waals surface area contributed by atoms with Crippen LogP contribution in [0.2, 0.25) is 0 Å². The highest BCUT2D eigenvalue weighted by atomic mass is 16.5. The zero-order chi connectivity index (χ0) is 21.0. The SMILES string of the molecule is CC(=O)c1c(C)[nH]c(C(=O)[C@@H](C)OC(=O)c2cccc(OCC(C)C)c2)c1C. The molecule has 1 N–H and O–H groups in total. The third-order valence-electron chi connectivity index (χ3n) is 4.34. The number of esters is 1. The summed E-state index contributed by atoms with van der Waals surface area (Å²) in [7, 11) is 0. The van der Waals surface area contributed by atoms with Crippen LogP contribution < -0.4 is 4.74 Å². The Bertz CT molecular complexity index is 894. The predicted molar refractivity (Wildman–Crippen MR) is 106 cm³/mol. The van der Waals surface area contributed by atoms with Crippen LogP contribution in [0.3, 0.4) is 0 Å². The number of benzene rings is 1. The molecule has 0 aliphatic rings. The van der Waals surface area contributed by atoms with Crippen LogP contribution in [0.4, 0.5) is 0 Å². The zero-order valence-electron chi connectivity index (χ0n) is 17.2. The van der Waals surface area contributed by atoms with Crippen molar-refractivity contribution < 1.29 is 23.9 Å². The van der Waals surface area contributed by atoms with E-state index in [4.69, 9.17) is 9.47 Å². The normalized spacial score (nSPS) is 12.0. The molecule has 0 amide bonds. The Morgan fingerprint density at radius 2 is 1.79 bits per heavy atom. The fourth-order valence-electron chi connectivity index (χ4n) is 2.99. The third-order valence-corrected chi connectivity index (χ3v) is 4.34. The first kappa shape index (κ1) is 21.4. The number of carbonyl (C=O) groups is 3. The monoisotopic (exact) mass is 385 g/mol. The average Bonchev–Trinajstić information content (AvgIpc) is 2.93. The second-order valence-corrected chi connectivity index (χ2v) is 7.33. The number of rotatable bonds is 8. The topological polar surface area (TPSA) is 85.5 Å². The van der Waals surface area contributed by atoms with E-state index in [0.29, 0.717) is 40.7 Å². The molecule has 0 radical (unpaired) electrons. The maximum atomic E-state index is 12.7. The van der Waals surface area contributed by atoms with Gasteiger partial charge in [0.2, 0.25) is 5.78 Å². The maximum absolute atomic E-state index is 12.7. The van der Waals surface area contributed by atoms with Crippen molar-refractivity contribution >= 4 is 17.5 Å². The Labute approximate surface area is 165 Å². The Kier molecular flexibility index (Phi) is 6.78. The molecule has 150 valence electrons. The van der Waals surface area contributed by atoms with E-state index in [1.165, 1.54) is 13.8 Å². The summed E-state index contributed by atoms with van der Waals surface area (Å²) in [6.45, 7) is 11.0. The van der Waals surface area contributed by atoms with E-state index in [1.54, 1.807) is 38.1 Å². The lowest BCUT2D eigenvalue weighted by atomic mass is 10.0. The predicted octanol–water partition coefficient (Wildman–Crippen LogP) is 4.30. The highest BCUT2D eigenvalue weighted by Crippen LogP contribution is 2.21. The first-order valence-corrected chi connectivity index (χ1v) is 9.30. The molecule has 0 saturated carbocycles. The molecule has 0 aliphatic heterocycles. The summed E-state index contributed by atoms with van der Waals surface area (Å²) >= 11 is 0. The largest absolute Gasteiger partial charge is 0.493 e. The molecule has 6 heteroatoms. The standard InChI is InChI=1S/C22H27NO5/c1-12(2)11-27-18-9-7-8-17(10-18)22(26)28-16(6)21(25)20-13(3)19(15(5)24)14(4)23-20/h7-10,12,16,23H,11H2,1-6H3/t16-/m1/s1. The molecule has 2 rings (SSSR count). The summed E-state index contributed by atoms with van der Waals surface area (Å²) in [5.41, 5.74) is 2.29. The highest BCUT2D eigenvalue weighted by Gasteiger charge is 2.26. The minimum Gasteiger partial charge on any atom is -0.493 e. The number of ketones is 2. The number of aromatic amines is 1. The number of aromatic nitrogens is 1. The smallest absolute Gasteiger partial charge is 0.338 e. The van der Waals surface area contributed by atoms with Gasteiger partial charge in [-0.25, -0.2) is 4.79 Å². The van der Waals surface area contributed by atoms with Gasteiger partial charge in [0.15, 0.2) is 11.9 Å². The van der Waals surface area contributed by atoms with Crippen molar-refractivity contribution in [3.63, 3.8) is 0 Å². The third kappa shape index (κ3) is 4.88. The van der Waals surface area contributed by atoms with Crippen LogP contribution in [-0.4, -0.2) is 35.2 Å². The number of nitrogens with one attached hydrogen (secondary N) is 1. The van der Waals surface area contributed by atoms with Crippen molar-refractivity contribution in [1.82, 2.24) is 4.98 Å². The van der Waals surface area contributed by atoms with E-state index in [9.17, 15) is 14.4 Å². The van der Waals surface area contributed by atoms with E-state index in [-0.39, 0.29) is 17.3 Å². The van der Waals surface area contributed by atoms with Crippen LogP contribution in [0.5, 0.6) is 5.75 Å². The van der Waals surface area contributed by atoms with Crippen molar-refractivity contribution in [3.05, 3.63) is 52.3 Å². The molecule has 1 aromatic heterocycles. The fraction of sp³-hybridized carbons (Fsp3) is 0.409. The second-order valence-electron chi connectivity index (χ2n) is 7.33. The molecular formula is C22H27NO5. The van der Waals surface area contributed by atoms with Gasteiger partial charge in [-0.1, -0.05) is 19.9 Å². The van der Waals surface area contributed by atoms with Gasteiger partial charge in [0.25, 0.3) is 0 Å². The van der Waals surface area contributed by atoms with Crippen molar-refractivity contribution in [2.75, 3.05) is 6.61 Å². The maximum Gasteiger partial charge on any atom is 0.338 e. The first-order chi connectivity index (χ1) is 13.1. The first-order valence-electron chi connectivity index (χ1n) is 9.30. The van der Waals surface area contributed by atoms with Gasteiger partial charge < -0.3 is 14.5 Å². The number of ether oxygens (including phenoxy) is 2. The molecule has 0 aliphatic carbocycles. The highest BCUT2D eigenvalue weighted by molar-refractivity contribution is 6.05. The van der Waals surface area contributed by atoms with E-state index in [0.717, 1.165) is 0 Å². The van der Waals surface area contributed by atoms with Crippen LogP contribution in [-0.2, 0) is 4.74 Å². The van der Waals surface area contributed by atoms with Crippen molar-refractivity contribution in [2.45, 2.75) is 47.6 Å². The van der Waals surface area contributed by atoms with Crippen LogP contribution in [0.1, 0.15) is 70.2 Å². The molecule has 0 saturated heterocycles. The molecular weight excluding hydrogens is 358 g/mol. The van der Waals surface area contributed by atoms with Gasteiger partial charge in [-0.15, -0.1) is 0 Å². The van der Waals surface area contributed by atoms with Gasteiger partial charge in [-0.05, 0) is 57.4 Å². The summed E-state index contributed by atoms with van der Waals surface area (Å²) in [5.74, 6) is -0.171. The second kappa shape index (κ2) is 8.87. The summed E-state index contributed by atoms with van der Waals surface area (Å²) < 4.78 is 11.0. The Morgan fingerprint density at radius 1 is 1.11 bits per heavy atom. The van der Waals surface area contributed by atoms with Crippen LogP contribution in [0.25, 0.3) is 0 Å². The number of carbonyl (C=O) groups excluding carboxylic acids is 3. The minimum absolute atomic E-state index is 0.117. The Balaban J connectivity index is 2.12. The zero-order valence-corrected chi connectivity index (χ0v) is 17.2. The van der Waals surface area contributed by atoms with Gasteiger partial charge >= 0.3 is 5.97 Å². The van der Waals surface area contributed by atoms with E-state index in [2.05, 4.69) is 4.98 Å². The van der Waals surface area contributed by atoms with Crippen molar-refractivity contribution in [1.29, 1.82) is 0 Å². The van der Waals surface area contributed by atoms with Crippen molar-refractivity contribution in [2.24, 2.45) is 5.92 Å². The lowest BCUT2D eigenvalue weighted by molar-refractivity contribution is 0.0316. The van der Waals surface area contributed by atoms with Gasteiger partial charge in [0.1, 0.15) is 5.75 Å². The van der Waals surface area contributed by atoms with Gasteiger partial charge in [0, 0.05) is 11.3 Å². The molecule has 0 unspecified atom stereocenters. The number of aryl methyl sites for hydroxylation is 1. The molecule has 28 heavy (non-hydrogen) atoms. The quantitative estimate of drug-likeness (QED) is 0.541. The van der Waals surface area contributed by atoms with Crippen molar-refractivity contribution in [3.8, 4) is 5.75 Å². The van der Waals surface area contributed by atoms with Crippen LogP contribution in [0, 0.1) is 19.8 Å². The van der Waals surface area contributed by atoms with Gasteiger partial charge in [-0.2, -0.15) is 0 Å². The molecule has 1 aromatic carbocycles. The average molecular weight is 385 g/mol. The van der Waals surface area contributed by atoms with E-state index in [1.807, 2.05) is 13.8 Å². The lowest BCUT2D eigenvalue weighted by Crippen LogP contribution is -2.25. The molecule has 1 heterocycles. The molecule has 0 spiro atoms. The number of hydrogen-bond acceptors (Lipinski definition) is 5.